The van der Waals surface area contributed by atoms with Gasteiger partial charge in [0.25, 0.3) is 5.22 Å². The summed E-state index contributed by atoms with van der Waals surface area (Å²) in [6.07, 6.45) is -0.0350. The summed E-state index contributed by atoms with van der Waals surface area (Å²) in [6.45, 7) is 1.96. The Morgan fingerprint density at radius 2 is 2.17 bits per heavy atom. The molecule has 0 unspecified atom stereocenters. The van der Waals surface area contributed by atoms with Crippen LogP contribution in [-0.2, 0) is 4.79 Å². The van der Waals surface area contributed by atoms with Gasteiger partial charge in [-0.05, 0) is 25.0 Å². The van der Waals surface area contributed by atoms with E-state index in [1.807, 2.05) is 31.2 Å². The highest BCUT2D eigenvalue weighted by Crippen LogP contribution is 2.25. The lowest BCUT2D eigenvalue weighted by atomic mass is 10.1. The van der Waals surface area contributed by atoms with Crippen LogP contribution in [0.4, 0.5) is 0 Å². The van der Waals surface area contributed by atoms with E-state index < -0.39 is 5.97 Å². The van der Waals surface area contributed by atoms with Gasteiger partial charge in [-0.15, -0.1) is 10.2 Å². The monoisotopic (exact) mass is 263 g/mol. The van der Waals surface area contributed by atoms with Gasteiger partial charge in [-0.2, -0.15) is 0 Å². The van der Waals surface area contributed by atoms with Crippen LogP contribution >= 0.6 is 11.8 Å². The standard InChI is InChI=1S/C12H12N2O3S/c1-8-4-2-3-5-9(8)11-13-14-12(17-11)18-7-6-10(15)16/h2-5H,6-7H2,1H3,(H,15,16)/p-1. The van der Waals surface area contributed by atoms with Crippen LogP contribution in [0.1, 0.15) is 12.0 Å². The minimum atomic E-state index is -1.08. The average molecular weight is 263 g/mol. The fraction of sp³-hybridized carbons (Fsp3) is 0.250. The molecule has 0 amide bonds. The van der Waals surface area contributed by atoms with Crippen molar-refractivity contribution >= 4 is 17.7 Å². The molecule has 18 heavy (non-hydrogen) atoms. The van der Waals surface area contributed by atoms with Crippen LogP contribution < -0.4 is 5.11 Å². The van der Waals surface area contributed by atoms with Gasteiger partial charge in [0.2, 0.25) is 5.89 Å². The van der Waals surface area contributed by atoms with Crippen molar-refractivity contribution in [2.45, 2.75) is 18.6 Å². The second-order valence-electron chi connectivity index (χ2n) is 3.66. The Balaban J connectivity index is 2.06. The van der Waals surface area contributed by atoms with Gasteiger partial charge in [-0.25, -0.2) is 0 Å². The van der Waals surface area contributed by atoms with E-state index in [1.54, 1.807) is 0 Å². The molecule has 2 aromatic rings. The number of carbonyl (C=O) groups is 1. The lowest BCUT2D eigenvalue weighted by Crippen LogP contribution is -2.22. The molecule has 0 N–H and O–H groups in total. The third kappa shape index (κ3) is 3.10. The topological polar surface area (TPSA) is 79.0 Å². The van der Waals surface area contributed by atoms with Crippen molar-refractivity contribution in [3.8, 4) is 11.5 Å². The summed E-state index contributed by atoms with van der Waals surface area (Å²) in [4.78, 5) is 10.3. The largest absolute Gasteiger partial charge is 0.550 e. The fourth-order valence-corrected chi connectivity index (χ4v) is 2.09. The number of rotatable bonds is 5. The molecule has 2 rings (SSSR count). The lowest BCUT2D eigenvalue weighted by molar-refractivity contribution is -0.305. The van der Waals surface area contributed by atoms with Crippen molar-refractivity contribution in [1.82, 2.24) is 10.2 Å². The number of hydrogen-bond donors (Lipinski definition) is 0. The minimum absolute atomic E-state index is 0.0350. The van der Waals surface area contributed by atoms with E-state index in [-0.39, 0.29) is 6.42 Å². The molecule has 0 saturated heterocycles. The Hall–Kier alpha value is -1.82. The number of aromatic nitrogens is 2. The first-order valence-electron chi connectivity index (χ1n) is 5.39. The number of nitrogens with zero attached hydrogens (tertiary/aromatic N) is 2. The molecule has 0 bridgehead atoms. The van der Waals surface area contributed by atoms with Crippen molar-refractivity contribution in [1.29, 1.82) is 0 Å². The summed E-state index contributed by atoms with van der Waals surface area (Å²) in [5.41, 5.74) is 1.93. The van der Waals surface area contributed by atoms with Gasteiger partial charge < -0.3 is 14.3 Å². The lowest BCUT2D eigenvalue weighted by Gasteiger charge is -1.99. The van der Waals surface area contributed by atoms with Crippen LogP contribution in [0, 0.1) is 6.92 Å². The summed E-state index contributed by atoms with van der Waals surface area (Å²) in [5, 5.41) is 18.4. The molecule has 0 aliphatic rings. The van der Waals surface area contributed by atoms with E-state index in [2.05, 4.69) is 10.2 Å². The van der Waals surface area contributed by atoms with Gasteiger partial charge >= 0.3 is 0 Å². The summed E-state index contributed by atoms with van der Waals surface area (Å²) < 4.78 is 5.46. The molecule has 0 fully saturated rings. The maximum absolute atomic E-state index is 10.3. The number of thioether (sulfide) groups is 1. The smallest absolute Gasteiger partial charge is 0.276 e. The predicted octanol–water partition coefficient (Wildman–Crippen LogP) is 1.28. The Bertz CT molecular complexity index is 554. The maximum atomic E-state index is 10.3. The van der Waals surface area contributed by atoms with Gasteiger partial charge in [0.15, 0.2) is 0 Å². The van der Waals surface area contributed by atoms with Gasteiger partial charge in [0.05, 0.1) is 0 Å². The van der Waals surface area contributed by atoms with Crippen LogP contribution in [0.15, 0.2) is 33.9 Å². The number of aliphatic carboxylic acids is 1. The highest BCUT2D eigenvalue weighted by atomic mass is 32.2. The molecule has 5 nitrogen and oxygen atoms in total. The van der Waals surface area contributed by atoms with Gasteiger partial charge in [0.1, 0.15) is 0 Å². The normalized spacial score (nSPS) is 10.5. The quantitative estimate of drug-likeness (QED) is 0.756. The molecule has 0 aliphatic carbocycles. The average Bonchev–Trinajstić information content (AvgIpc) is 2.78. The Labute approximate surface area is 108 Å². The van der Waals surface area contributed by atoms with E-state index in [1.165, 1.54) is 11.8 Å². The molecule has 1 heterocycles. The number of carboxylic acids is 1. The Morgan fingerprint density at radius 3 is 2.89 bits per heavy atom. The highest BCUT2D eigenvalue weighted by Gasteiger charge is 2.10. The molecule has 94 valence electrons. The first-order chi connectivity index (χ1) is 8.66. The predicted molar refractivity (Wildman–Crippen MR) is 64.8 cm³/mol. The summed E-state index contributed by atoms with van der Waals surface area (Å²) in [5.74, 6) is -0.275. The zero-order valence-corrected chi connectivity index (χ0v) is 10.6. The molecule has 1 aromatic heterocycles. The Morgan fingerprint density at radius 1 is 1.39 bits per heavy atom. The molecule has 0 spiro atoms. The maximum Gasteiger partial charge on any atom is 0.276 e. The number of aryl methyl sites for hydroxylation is 1. The van der Waals surface area contributed by atoms with Gasteiger partial charge in [0, 0.05) is 17.3 Å². The fourth-order valence-electron chi connectivity index (χ4n) is 1.41. The second kappa shape index (κ2) is 5.68. The number of hydrogen-bond acceptors (Lipinski definition) is 6. The zero-order chi connectivity index (χ0) is 13.0. The third-order valence-corrected chi connectivity index (χ3v) is 3.13. The number of carbonyl (C=O) groups excluding carboxylic acids is 1. The number of benzene rings is 1. The van der Waals surface area contributed by atoms with Gasteiger partial charge in [-0.3, -0.25) is 0 Å². The van der Waals surface area contributed by atoms with Crippen LogP contribution in [0.3, 0.4) is 0 Å². The van der Waals surface area contributed by atoms with Crippen LogP contribution in [0.25, 0.3) is 11.5 Å². The number of carboxylic acid groups (broad SMARTS) is 1. The van der Waals surface area contributed by atoms with E-state index in [0.29, 0.717) is 16.9 Å². The minimum Gasteiger partial charge on any atom is -0.550 e. The first-order valence-corrected chi connectivity index (χ1v) is 6.37. The molecular weight excluding hydrogens is 252 g/mol. The second-order valence-corrected chi connectivity index (χ2v) is 4.70. The van der Waals surface area contributed by atoms with Gasteiger partial charge in [-0.1, -0.05) is 30.0 Å². The van der Waals surface area contributed by atoms with Crippen LogP contribution in [0.5, 0.6) is 0 Å². The SMILES string of the molecule is Cc1ccccc1-c1nnc(SCCC(=O)[O-])o1. The zero-order valence-electron chi connectivity index (χ0n) is 9.75. The summed E-state index contributed by atoms with van der Waals surface area (Å²) in [7, 11) is 0. The van der Waals surface area contributed by atoms with Crippen molar-refractivity contribution in [3.05, 3.63) is 29.8 Å². The van der Waals surface area contributed by atoms with E-state index >= 15 is 0 Å². The van der Waals surface area contributed by atoms with Crippen molar-refractivity contribution in [2.24, 2.45) is 0 Å². The molecule has 0 aliphatic heterocycles. The van der Waals surface area contributed by atoms with E-state index in [0.717, 1.165) is 11.1 Å². The first kappa shape index (κ1) is 12.6. The van der Waals surface area contributed by atoms with Crippen molar-refractivity contribution in [3.63, 3.8) is 0 Å². The molecule has 0 atom stereocenters. The summed E-state index contributed by atoms with van der Waals surface area (Å²) >= 11 is 1.21. The molecular formula is C12H11N2O3S-. The van der Waals surface area contributed by atoms with Crippen LogP contribution in [0.2, 0.25) is 0 Å². The molecule has 0 radical (unpaired) electrons. The summed E-state index contributed by atoms with van der Waals surface area (Å²) in [6, 6.07) is 7.70. The van der Waals surface area contributed by atoms with Crippen LogP contribution in [-0.4, -0.2) is 21.9 Å². The third-order valence-electron chi connectivity index (χ3n) is 2.31. The van der Waals surface area contributed by atoms with Crippen molar-refractivity contribution < 1.29 is 14.3 Å². The molecule has 0 saturated carbocycles. The molecule has 1 aromatic carbocycles. The highest BCUT2D eigenvalue weighted by molar-refractivity contribution is 7.99. The van der Waals surface area contributed by atoms with Crippen molar-refractivity contribution in [2.75, 3.05) is 5.75 Å². The van der Waals surface area contributed by atoms with E-state index in [4.69, 9.17) is 4.42 Å². The molecule has 6 heteroatoms. The Kier molecular flexibility index (Phi) is 3.99. The van der Waals surface area contributed by atoms with E-state index in [9.17, 15) is 9.90 Å².